The Hall–Kier alpha value is -3.02. The number of hydrogen-bond donors (Lipinski definition) is 1. The molecule has 2 aromatic heterocycles. The molecule has 3 heterocycles. The molecule has 26 heavy (non-hydrogen) atoms. The molecule has 1 unspecified atom stereocenters. The molecule has 0 spiro atoms. The van der Waals surface area contributed by atoms with Gasteiger partial charge in [-0.1, -0.05) is 0 Å². The first kappa shape index (κ1) is 17.8. The standard InChI is InChI=1S/C17H21N7O2/c1-4-5-7-17(21-22-17)8-6-14(25)20-12(2)10-24-11-18-15-13(16(24)26)9-19-23(15)3/h1,9,11-12H,5-8,10H2,2-3H3,(H,20,25). The highest BCUT2D eigenvalue weighted by atomic mass is 16.1. The molecule has 0 saturated carbocycles. The molecule has 1 atom stereocenters. The van der Waals surface area contributed by atoms with Crippen molar-refractivity contribution in [2.45, 2.75) is 50.9 Å². The molecular formula is C17H21N7O2. The molecule has 0 bridgehead atoms. The van der Waals surface area contributed by atoms with Crippen molar-refractivity contribution < 1.29 is 4.79 Å². The Morgan fingerprint density at radius 2 is 2.19 bits per heavy atom. The van der Waals surface area contributed by atoms with Crippen LogP contribution in [0.5, 0.6) is 0 Å². The summed E-state index contributed by atoms with van der Waals surface area (Å²) in [6.45, 7) is 2.18. The van der Waals surface area contributed by atoms with Crippen LogP contribution in [-0.4, -0.2) is 36.9 Å². The molecule has 2 aromatic rings. The molecule has 0 radical (unpaired) electrons. The topological polar surface area (TPSA) is 107 Å². The molecule has 136 valence electrons. The van der Waals surface area contributed by atoms with E-state index in [0.29, 0.717) is 43.3 Å². The Kier molecular flexibility index (Phi) is 4.84. The monoisotopic (exact) mass is 355 g/mol. The Labute approximate surface area is 150 Å². The van der Waals surface area contributed by atoms with Gasteiger partial charge in [0.15, 0.2) is 11.3 Å². The first-order chi connectivity index (χ1) is 12.4. The van der Waals surface area contributed by atoms with Crippen LogP contribution >= 0.6 is 0 Å². The average Bonchev–Trinajstić information content (AvgIpc) is 3.29. The number of nitrogens with one attached hydrogen (secondary N) is 1. The number of terminal acetylenes is 1. The maximum atomic E-state index is 12.4. The van der Waals surface area contributed by atoms with Gasteiger partial charge < -0.3 is 5.32 Å². The van der Waals surface area contributed by atoms with Gasteiger partial charge in [0.05, 0.1) is 6.20 Å². The summed E-state index contributed by atoms with van der Waals surface area (Å²) < 4.78 is 3.03. The van der Waals surface area contributed by atoms with Gasteiger partial charge in [-0.15, -0.1) is 12.3 Å². The zero-order chi connectivity index (χ0) is 18.7. The number of nitrogens with zero attached hydrogens (tertiary/aromatic N) is 6. The second kappa shape index (κ2) is 7.07. The van der Waals surface area contributed by atoms with Crippen molar-refractivity contribution in [1.29, 1.82) is 0 Å². The van der Waals surface area contributed by atoms with Gasteiger partial charge >= 0.3 is 0 Å². The first-order valence-corrected chi connectivity index (χ1v) is 8.48. The van der Waals surface area contributed by atoms with E-state index in [2.05, 4.69) is 31.5 Å². The second-order valence-electron chi connectivity index (χ2n) is 6.56. The molecule has 0 fully saturated rings. The molecule has 0 aliphatic carbocycles. The Bertz CT molecular complexity index is 944. The third kappa shape index (κ3) is 3.79. The maximum Gasteiger partial charge on any atom is 0.264 e. The van der Waals surface area contributed by atoms with Crippen LogP contribution in [0.4, 0.5) is 0 Å². The smallest absolute Gasteiger partial charge is 0.264 e. The van der Waals surface area contributed by atoms with Gasteiger partial charge in [-0.3, -0.25) is 18.8 Å². The Balaban J connectivity index is 1.53. The van der Waals surface area contributed by atoms with Crippen LogP contribution in [0.15, 0.2) is 27.5 Å². The minimum atomic E-state index is -0.459. The van der Waals surface area contributed by atoms with Gasteiger partial charge in [-0.2, -0.15) is 15.3 Å². The lowest BCUT2D eigenvalue weighted by Gasteiger charge is -2.16. The molecular weight excluding hydrogens is 334 g/mol. The zero-order valence-electron chi connectivity index (χ0n) is 14.8. The molecule has 1 aliphatic rings. The Morgan fingerprint density at radius 3 is 2.88 bits per heavy atom. The van der Waals surface area contributed by atoms with Crippen molar-refractivity contribution in [3.63, 3.8) is 0 Å². The van der Waals surface area contributed by atoms with Gasteiger partial charge in [0.25, 0.3) is 5.56 Å². The van der Waals surface area contributed by atoms with Crippen molar-refractivity contribution in [2.75, 3.05) is 0 Å². The fourth-order valence-electron chi connectivity index (χ4n) is 2.87. The van der Waals surface area contributed by atoms with Crippen LogP contribution in [0.25, 0.3) is 11.0 Å². The summed E-state index contributed by atoms with van der Waals surface area (Å²) >= 11 is 0. The summed E-state index contributed by atoms with van der Waals surface area (Å²) in [7, 11) is 1.73. The predicted molar refractivity (Wildman–Crippen MR) is 95.3 cm³/mol. The molecule has 3 rings (SSSR count). The summed E-state index contributed by atoms with van der Waals surface area (Å²) in [4.78, 5) is 28.8. The van der Waals surface area contributed by atoms with Crippen LogP contribution in [-0.2, 0) is 18.4 Å². The van der Waals surface area contributed by atoms with Crippen molar-refractivity contribution in [1.82, 2.24) is 24.6 Å². The highest BCUT2D eigenvalue weighted by Gasteiger charge is 2.39. The molecule has 0 aromatic carbocycles. The second-order valence-corrected chi connectivity index (χ2v) is 6.56. The van der Waals surface area contributed by atoms with E-state index in [0.717, 1.165) is 0 Å². The number of fused-ring (bicyclic) bond motifs is 1. The molecule has 0 saturated heterocycles. The maximum absolute atomic E-state index is 12.4. The summed E-state index contributed by atoms with van der Waals surface area (Å²) in [5.74, 6) is 2.47. The van der Waals surface area contributed by atoms with Crippen molar-refractivity contribution in [2.24, 2.45) is 17.3 Å². The largest absolute Gasteiger partial charge is 0.352 e. The van der Waals surface area contributed by atoms with Crippen molar-refractivity contribution >= 4 is 16.9 Å². The highest BCUT2D eigenvalue weighted by Crippen LogP contribution is 2.37. The van der Waals surface area contributed by atoms with Crippen molar-refractivity contribution in [3.8, 4) is 12.3 Å². The molecule has 1 N–H and O–H groups in total. The fraction of sp³-hybridized carbons (Fsp3) is 0.529. The quantitative estimate of drug-likeness (QED) is 0.713. The van der Waals surface area contributed by atoms with Crippen LogP contribution in [0.2, 0.25) is 0 Å². The van der Waals surface area contributed by atoms with Crippen LogP contribution in [0.3, 0.4) is 0 Å². The first-order valence-electron chi connectivity index (χ1n) is 8.48. The molecule has 1 amide bonds. The fourth-order valence-corrected chi connectivity index (χ4v) is 2.87. The van der Waals surface area contributed by atoms with Gasteiger partial charge in [-0.25, -0.2) is 4.98 Å². The number of aromatic nitrogens is 4. The van der Waals surface area contributed by atoms with Crippen LogP contribution in [0, 0.1) is 12.3 Å². The third-order valence-corrected chi connectivity index (χ3v) is 4.40. The van der Waals surface area contributed by atoms with E-state index in [1.807, 2.05) is 6.92 Å². The summed E-state index contributed by atoms with van der Waals surface area (Å²) in [5.41, 5.74) is -0.0933. The predicted octanol–water partition coefficient (Wildman–Crippen LogP) is 0.990. The van der Waals surface area contributed by atoms with E-state index in [1.54, 1.807) is 11.7 Å². The van der Waals surface area contributed by atoms with Crippen molar-refractivity contribution in [3.05, 3.63) is 22.9 Å². The van der Waals surface area contributed by atoms with E-state index in [-0.39, 0.29) is 17.5 Å². The van der Waals surface area contributed by atoms with Gasteiger partial charge in [0.2, 0.25) is 5.91 Å². The van der Waals surface area contributed by atoms with E-state index in [4.69, 9.17) is 6.42 Å². The van der Waals surface area contributed by atoms with Crippen LogP contribution in [0.1, 0.15) is 32.6 Å². The lowest BCUT2D eigenvalue weighted by atomic mass is 10.0. The SMILES string of the molecule is C#CCCC1(CCC(=O)NC(C)Cn2cnc3c(cnn3C)c2=O)N=N1. The Morgan fingerprint density at radius 1 is 1.42 bits per heavy atom. The lowest BCUT2D eigenvalue weighted by Crippen LogP contribution is -2.38. The molecule has 9 nitrogen and oxygen atoms in total. The average molecular weight is 355 g/mol. The van der Waals surface area contributed by atoms with Crippen LogP contribution < -0.4 is 10.9 Å². The minimum absolute atomic E-state index is 0.0988. The number of carbonyl (C=O) groups is 1. The van der Waals surface area contributed by atoms with E-state index >= 15 is 0 Å². The third-order valence-electron chi connectivity index (χ3n) is 4.40. The number of hydrogen-bond acceptors (Lipinski definition) is 6. The number of carbonyl (C=O) groups excluding carboxylic acids is 1. The van der Waals surface area contributed by atoms with E-state index in [1.165, 1.54) is 17.1 Å². The molecule has 1 aliphatic heterocycles. The van der Waals surface area contributed by atoms with Gasteiger partial charge in [0, 0.05) is 45.3 Å². The van der Waals surface area contributed by atoms with Gasteiger partial charge in [-0.05, 0) is 6.92 Å². The minimum Gasteiger partial charge on any atom is -0.352 e. The zero-order valence-corrected chi connectivity index (χ0v) is 14.8. The number of amides is 1. The normalized spacial score (nSPS) is 15.6. The van der Waals surface area contributed by atoms with E-state index < -0.39 is 5.66 Å². The summed E-state index contributed by atoms with van der Waals surface area (Å²) in [6.07, 6.45) is 10.4. The highest BCUT2D eigenvalue weighted by molar-refractivity contribution is 5.76. The molecule has 9 heteroatoms. The number of rotatable bonds is 8. The summed E-state index contributed by atoms with van der Waals surface area (Å²) in [6, 6.07) is -0.217. The van der Waals surface area contributed by atoms with E-state index in [9.17, 15) is 9.59 Å². The lowest BCUT2D eigenvalue weighted by molar-refractivity contribution is -0.122. The summed E-state index contributed by atoms with van der Waals surface area (Å²) in [5, 5.41) is 15.4. The van der Waals surface area contributed by atoms with Gasteiger partial charge in [0.1, 0.15) is 11.7 Å². The number of aryl methyl sites for hydroxylation is 1.